The van der Waals surface area contributed by atoms with E-state index < -0.39 is 0 Å². The summed E-state index contributed by atoms with van der Waals surface area (Å²) in [6.07, 6.45) is 6.48. The lowest BCUT2D eigenvalue weighted by Gasteiger charge is -2.42. The summed E-state index contributed by atoms with van der Waals surface area (Å²) >= 11 is 0. The number of hydrogen-bond acceptors (Lipinski definition) is 7. The Labute approximate surface area is 208 Å². The molecule has 1 saturated heterocycles. The van der Waals surface area contributed by atoms with Gasteiger partial charge in [-0.15, -0.1) is 0 Å². The molecule has 1 atom stereocenters. The second kappa shape index (κ2) is 8.30. The van der Waals surface area contributed by atoms with Crippen molar-refractivity contribution in [1.29, 1.82) is 0 Å². The van der Waals surface area contributed by atoms with Crippen LogP contribution in [0.5, 0.6) is 5.75 Å². The van der Waals surface area contributed by atoms with Crippen LogP contribution in [-0.4, -0.2) is 44.9 Å². The molecule has 1 spiro atoms. The van der Waals surface area contributed by atoms with Crippen molar-refractivity contribution in [2.24, 2.45) is 18.2 Å². The molecule has 0 radical (unpaired) electrons. The number of aryl methyl sites for hydroxylation is 1. The lowest BCUT2D eigenvalue weighted by Crippen LogP contribution is -2.44. The van der Waals surface area contributed by atoms with Crippen molar-refractivity contribution < 1.29 is 4.74 Å². The van der Waals surface area contributed by atoms with E-state index in [1.54, 1.807) is 25.5 Å². The van der Waals surface area contributed by atoms with Crippen LogP contribution in [0.3, 0.4) is 0 Å². The molecule has 0 saturated carbocycles. The molecule has 0 bridgehead atoms. The van der Waals surface area contributed by atoms with Gasteiger partial charge in [0.15, 0.2) is 5.65 Å². The highest BCUT2D eigenvalue weighted by Crippen LogP contribution is 2.50. The summed E-state index contributed by atoms with van der Waals surface area (Å²) in [5, 5.41) is 7.38. The minimum atomic E-state index is -0.213. The third kappa shape index (κ3) is 3.34. The summed E-state index contributed by atoms with van der Waals surface area (Å²) in [7, 11) is 3.22. The quantitative estimate of drug-likeness (QED) is 0.459. The number of H-pyrrole nitrogens is 1. The number of piperidine rings is 1. The molecular formula is C27H29N7O2. The number of methoxy groups -OCH3 is 1. The van der Waals surface area contributed by atoms with Crippen LogP contribution < -0.4 is 20.9 Å². The van der Waals surface area contributed by atoms with Gasteiger partial charge in [-0.2, -0.15) is 5.10 Å². The number of nitrogens with one attached hydrogen (secondary N) is 1. The molecule has 9 nitrogen and oxygen atoms in total. The molecule has 3 N–H and O–H groups in total. The second-order valence-corrected chi connectivity index (χ2v) is 9.85. The van der Waals surface area contributed by atoms with E-state index in [0.717, 1.165) is 38.2 Å². The number of aromatic nitrogens is 5. The number of hydrogen-bond donors (Lipinski definition) is 2. The van der Waals surface area contributed by atoms with Gasteiger partial charge < -0.3 is 19.9 Å². The number of pyridine rings is 1. The zero-order valence-electron chi connectivity index (χ0n) is 20.5. The Morgan fingerprint density at radius 1 is 1.25 bits per heavy atom. The van der Waals surface area contributed by atoms with E-state index in [1.807, 2.05) is 0 Å². The zero-order chi connectivity index (χ0) is 25.0. The van der Waals surface area contributed by atoms with Gasteiger partial charge in [0.25, 0.3) is 5.56 Å². The van der Waals surface area contributed by atoms with Crippen molar-refractivity contribution in [3.05, 3.63) is 82.0 Å². The Balaban J connectivity index is 1.25. The van der Waals surface area contributed by atoms with Crippen LogP contribution in [-0.2, 0) is 13.5 Å². The minimum Gasteiger partial charge on any atom is -0.496 e. The van der Waals surface area contributed by atoms with E-state index in [4.69, 9.17) is 15.5 Å². The van der Waals surface area contributed by atoms with Crippen molar-refractivity contribution >= 4 is 22.6 Å². The summed E-state index contributed by atoms with van der Waals surface area (Å²) in [6, 6.07) is 10.4. The second-order valence-electron chi connectivity index (χ2n) is 9.85. The Bertz CT molecular complexity index is 1550. The standard InChI is InChI=1S/C27H29N7O2/c1-16(21-19(36-3)8-11-33(2)26(21)35)22-23-25(32-31-22)30-20(15-29-23)34-12-9-27(10-13-34)14-17-6-4-5-7-18(17)24(27)28/h4-8,11,15,24H,1,9-10,12-14,28H2,2-3H3,(H,30,31,32)/t24-/m1/s1. The first-order chi connectivity index (χ1) is 17.4. The number of ether oxygens (including phenoxy) is 1. The fourth-order valence-corrected chi connectivity index (χ4v) is 5.82. The molecule has 4 aromatic rings. The Morgan fingerprint density at radius 3 is 2.78 bits per heavy atom. The average Bonchev–Trinajstić information content (AvgIpc) is 3.44. The summed E-state index contributed by atoms with van der Waals surface area (Å²) < 4.78 is 6.90. The molecule has 36 heavy (non-hydrogen) atoms. The average molecular weight is 484 g/mol. The first-order valence-corrected chi connectivity index (χ1v) is 12.1. The predicted octanol–water partition coefficient (Wildman–Crippen LogP) is 2.96. The maximum Gasteiger partial charge on any atom is 0.261 e. The van der Waals surface area contributed by atoms with Gasteiger partial charge in [-0.1, -0.05) is 30.8 Å². The van der Waals surface area contributed by atoms with E-state index in [0.29, 0.717) is 33.7 Å². The molecule has 0 unspecified atom stereocenters. The van der Waals surface area contributed by atoms with Gasteiger partial charge in [-0.3, -0.25) is 9.89 Å². The van der Waals surface area contributed by atoms with Crippen molar-refractivity contribution in [3.8, 4) is 5.75 Å². The third-order valence-corrected chi connectivity index (χ3v) is 7.97. The molecule has 3 aromatic heterocycles. The number of anilines is 1. The normalized spacial score (nSPS) is 18.5. The predicted molar refractivity (Wildman–Crippen MR) is 139 cm³/mol. The first kappa shape index (κ1) is 22.5. The van der Waals surface area contributed by atoms with Crippen LogP contribution in [0.25, 0.3) is 16.7 Å². The fourth-order valence-electron chi connectivity index (χ4n) is 5.82. The molecule has 1 aromatic carbocycles. The van der Waals surface area contributed by atoms with Gasteiger partial charge in [0.1, 0.15) is 22.8 Å². The molecule has 2 aliphatic rings. The number of rotatable bonds is 4. The van der Waals surface area contributed by atoms with E-state index in [1.165, 1.54) is 22.8 Å². The van der Waals surface area contributed by atoms with Gasteiger partial charge in [0, 0.05) is 37.9 Å². The van der Waals surface area contributed by atoms with Crippen LogP contribution in [0.15, 0.2) is 54.1 Å². The lowest BCUT2D eigenvalue weighted by molar-refractivity contribution is 0.187. The van der Waals surface area contributed by atoms with E-state index in [-0.39, 0.29) is 17.0 Å². The number of nitrogens with zero attached hydrogens (tertiary/aromatic N) is 5. The van der Waals surface area contributed by atoms with Gasteiger partial charge in [0.05, 0.1) is 18.9 Å². The third-order valence-electron chi connectivity index (χ3n) is 7.97. The van der Waals surface area contributed by atoms with E-state index in [9.17, 15) is 4.79 Å². The van der Waals surface area contributed by atoms with Crippen molar-refractivity contribution in [2.75, 3.05) is 25.1 Å². The molecule has 1 aliphatic carbocycles. The molecule has 1 fully saturated rings. The van der Waals surface area contributed by atoms with Crippen molar-refractivity contribution in [2.45, 2.75) is 25.3 Å². The molecule has 4 heterocycles. The fraction of sp³-hybridized carbons (Fsp3) is 0.333. The summed E-state index contributed by atoms with van der Waals surface area (Å²) in [6.45, 7) is 5.88. The topological polar surface area (TPSA) is 115 Å². The smallest absolute Gasteiger partial charge is 0.261 e. The van der Waals surface area contributed by atoms with Crippen LogP contribution in [0.4, 0.5) is 5.82 Å². The lowest BCUT2D eigenvalue weighted by atomic mass is 9.73. The highest BCUT2D eigenvalue weighted by atomic mass is 16.5. The van der Waals surface area contributed by atoms with Crippen LogP contribution in [0.2, 0.25) is 0 Å². The van der Waals surface area contributed by atoms with Crippen molar-refractivity contribution in [1.82, 2.24) is 24.7 Å². The molecule has 9 heteroatoms. The minimum absolute atomic E-state index is 0.0771. The first-order valence-electron chi connectivity index (χ1n) is 12.1. The summed E-state index contributed by atoms with van der Waals surface area (Å²) in [5.41, 5.74) is 11.7. The van der Waals surface area contributed by atoms with Gasteiger partial charge >= 0.3 is 0 Å². The molecular weight excluding hydrogens is 454 g/mol. The monoisotopic (exact) mass is 483 g/mol. The number of aromatic amines is 1. The van der Waals surface area contributed by atoms with Gasteiger partial charge in [-0.25, -0.2) is 9.97 Å². The Kier molecular flexibility index (Phi) is 5.19. The van der Waals surface area contributed by atoms with Crippen molar-refractivity contribution in [3.63, 3.8) is 0 Å². The Hall–Kier alpha value is -3.98. The number of nitrogens with two attached hydrogens (primary N) is 1. The SMILES string of the molecule is C=C(c1c(OC)ccn(C)c1=O)c1n[nH]c2nc(N3CCC4(CC3)Cc3ccccc3[C@H]4N)cnc12. The highest BCUT2D eigenvalue weighted by Gasteiger charge is 2.45. The maximum absolute atomic E-state index is 12.8. The molecule has 184 valence electrons. The molecule has 6 rings (SSSR count). The molecule has 1 aliphatic heterocycles. The number of fused-ring (bicyclic) bond motifs is 2. The van der Waals surface area contributed by atoms with E-state index in [2.05, 4.69) is 50.9 Å². The number of benzene rings is 1. The summed E-state index contributed by atoms with van der Waals surface area (Å²) in [5.74, 6) is 1.24. The maximum atomic E-state index is 12.8. The summed E-state index contributed by atoms with van der Waals surface area (Å²) in [4.78, 5) is 24.6. The largest absolute Gasteiger partial charge is 0.496 e. The van der Waals surface area contributed by atoms with Gasteiger partial charge in [-0.05, 0) is 41.9 Å². The van der Waals surface area contributed by atoms with Crippen LogP contribution in [0.1, 0.15) is 41.3 Å². The van der Waals surface area contributed by atoms with E-state index >= 15 is 0 Å². The Morgan fingerprint density at radius 2 is 2.03 bits per heavy atom. The zero-order valence-corrected chi connectivity index (χ0v) is 20.5. The van der Waals surface area contributed by atoms with Gasteiger partial charge in [0.2, 0.25) is 0 Å². The van der Waals surface area contributed by atoms with Crippen LogP contribution >= 0.6 is 0 Å². The van der Waals surface area contributed by atoms with Crippen LogP contribution in [0, 0.1) is 5.41 Å². The molecule has 0 amide bonds. The highest BCUT2D eigenvalue weighted by molar-refractivity contribution is 5.91.